The van der Waals surface area contributed by atoms with Gasteiger partial charge in [-0.25, -0.2) is 9.37 Å². The van der Waals surface area contributed by atoms with Gasteiger partial charge >= 0.3 is 0 Å². The molecule has 1 aromatic carbocycles. The zero-order valence-corrected chi connectivity index (χ0v) is 10.7. The molecular weight excluding hydrogens is 239 g/mol. The van der Waals surface area contributed by atoms with Gasteiger partial charge in [-0.3, -0.25) is 0 Å². The summed E-state index contributed by atoms with van der Waals surface area (Å²) in [5.41, 5.74) is 1.36. The summed E-state index contributed by atoms with van der Waals surface area (Å²) in [4.78, 5) is 4.40. The number of hydrogen-bond acceptors (Lipinski definition) is 1. The SMILES string of the molecule is CCn1c(CCCCCl)nc2c(F)cccc21. The van der Waals surface area contributed by atoms with Crippen LogP contribution in [0.2, 0.25) is 0 Å². The summed E-state index contributed by atoms with van der Waals surface area (Å²) >= 11 is 5.66. The Balaban J connectivity index is 2.38. The molecule has 92 valence electrons. The highest BCUT2D eigenvalue weighted by atomic mass is 35.5. The summed E-state index contributed by atoms with van der Waals surface area (Å²) in [5.74, 6) is 1.38. The first-order valence-electron chi connectivity index (χ1n) is 5.97. The second-order valence-electron chi connectivity index (χ2n) is 4.03. The summed E-state index contributed by atoms with van der Waals surface area (Å²) in [5, 5.41) is 0. The van der Waals surface area contributed by atoms with E-state index in [1.807, 2.05) is 6.07 Å². The highest BCUT2D eigenvalue weighted by Gasteiger charge is 2.11. The maximum absolute atomic E-state index is 13.6. The molecule has 0 bridgehead atoms. The standard InChI is InChI=1S/C13H16ClFN2/c1-2-17-11-7-5-6-10(15)13(11)16-12(17)8-3-4-9-14/h5-7H,2-4,8-9H2,1H3. The zero-order chi connectivity index (χ0) is 12.3. The minimum Gasteiger partial charge on any atom is -0.328 e. The van der Waals surface area contributed by atoms with E-state index in [2.05, 4.69) is 16.5 Å². The fraction of sp³-hybridized carbons (Fsp3) is 0.462. The van der Waals surface area contributed by atoms with Gasteiger partial charge in [0.1, 0.15) is 11.3 Å². The molecule has 2 aromatic rings. The molecule has 0 aliphatic heterocycles. The van der Waals surface area contributed by atoms with Gasteiger partial charge in [-0.1, -0.05) is 6.07 Å². The van der Waals surface area contributed by atoms with Gasteiger partial charge in [0.15, 0.2) is 5.82 Å². The Kier molecular flexibility index (Phi) is 4.00. The van der Waals surface area contributed by atoms with Crippen LogP contribution in [0, 0.1) is 5.82 Å². The Bertz CT molecular complexity index is 507. The van der Waals surface area contributed by atoms with Crippen molar-refractivity contribution in [3.8, 4) is 0 Å². The molecule has 0 atom stereocenters. The lowest BCUT2D eigenvalue weighted by Crippen LogP contribution is -2.01. The smallest absolute Gasteiger partial charge is 0.151 e. The molecule has 2 nitrogen and oxygen atoms in total. The molecule has 0 amide bonds. The lowest BCUT2D eigenvalue weighted by Gasteiger charge is -2.05. The normalized spacial score (nSPS) is 11.2. The molecule has 17 heavy (non-hydrogen) atoms. The largest absolute Gasteiger partial charge is 0.328 e. The first kappa shape index (κ1) is 12.4. The maximum atomic E-state index is 13.6. The number of aryl methyl sites for hydroxylation is 2. The van der Waals surface area contributed by atoms with Crippen LogP contribution < -0.4 is 0 Å². The third kappa shape index (κ3) is 2.44. The molecule has 0 radical (unpaired) electrons. The first-order valence-corrected chi connectivity index (χ1v) is 6.51. The van der Waals surface area contributed by atoms with Gasteiger partial charge in [-0.15, -0.1) is 11.6 Å². The lowest BCUT2D eigenvalue weighted by molar-refractivity contribution is 0.636. The number of para-hydroxylation sites is 1. The van der Waals surface area contributed by atoms with Crippen LogP contribution in [0.1, 0.15) is 25.6 Å². The van der Waals surface area contributed by atoms with Crippen molar-refractivity contribution in [2.24, 2.45) is 0 Å². The Morgan fingerprint density at radius 2 is 2.18 bits per heavy atom. The van der Waals surface area contributed by atoms with Gasteiger partial charge in [0.25, 0.3) is 0 Å². The number of imidazole rings is 1. The number of alkyl halides is 1. The van der Waals surface area contributed by atoms with Crippen LogP contribution in [0.25, 0.3) is 11.0 Å². The number of nitrogens with zero attached hydrogens (tertiary/aromatic N) is 2. The van der Waals surface area contributed by atoms with E-state index >= 15 is 0 Å². The molecule has 0 saturated heterocycles. The highest BCUT2D eigenvalue weighted by molar-refractivity contribution is 6.17. The molecule has 4 heteroatoms. The number of aromatic nitrogens is 2. The van der Waals surface area contributed by atoms with Crippen LogP contribution >= 0.6 is 11.6 Å². The Labute approximate surface area is 105 Å². The van der Waals surface area contributed by atoms with E-state index in [9.17, 15) is 4.39 Å². The minimum atomic E-state index is -0.242. The van der Waals surface area contributed by atoms with Crippen molar-refractivity contribution < 1.29 is 4.39 Å². The van der Waals surface area contributed by atoms with Crippen LogP contribution in [0.5, 0.6) is 0 Å². The average Bonchev–Trinajstić information content (AvgIpc) is 2.69. The van der Waals surface area contributed by atoms with Crippen molar-refractivity contribution in [3.05, 3.63) is 29.8 Å². The molecule has 0 fully saturated rings. The quantitative estimate of drug-likeness (QED) is 0.587. The number of unbranched alkanes of at least 4 members (excludes halogenated alkanes) is 1. The van der Waals surface area contributed by atoms with Gasteiger partial charge in [-0.05, 0) is 31.9 Å². The summed E-state index contributed by atoms with van der Waals surface area (Å²) in [7, 11) is 0. The number of halogens is 2. The van der Waals surface area contributed by atoms with E-state index in [1.54, 1.807) is 6.07 Å². The van der Waals surface area contributed by atoms with Gasteiger partial charge in [0, 0.05) is 18.8 Å². The van der Waals surface area contributed by atoms with Crippen LogP contribution in [0.3, 0.4) is 0 Å². The first-order chi connectivity index (χ1) is 8.27. The maximum Gasteiger partial charge on any atom is 0.151 e. The second kappa shape index (κ2) is 5.50. The van der Waals surface area contributed by atoms with Gasteiger partial charge < -0.3 is 4.57 Å². The van der Waals surface area contributed by atoms with Gasteiger partial charge in [0.2, 0.25) is 0 Å². The summed E-state index contributed by atoms with van der Waals surface area (Å²) in [6.07, 6.45) is 2.82. The Morgan fingerprint density at radius 3 is 2.88 bits per heavy atom. The third-order valence-corrected chi connectivity index (χ3v) is 3.18. The van der Waals surface area contributed by atoms with Gasteiger partial charge in [-0.2, -0.15) is 0 Å². The molecule has 1 heterocycles. The topological polar surface area (TPSA) is 17.8 Å². The van der Waals surface area contributed by atoms with E-state index in [1.165, 1.54) is 6.07 Å². The summed E-state index contributed by atoms with van der Waals surface area (Å²) in [6, 6.07) is 5.10. The second-order valence-corrected chi connectivity index (χ2v) is 4.40. The molecule has 0 aliphatic carbocycles. The van der Waals surface area contributed by atoms with Crippen LogP contribution in [-0.4, -0.2) is 15.4 Å². The van der Waals surface area contributed by atoms with E-state index in [0.717, 1.165) is 37.1 Å². The Morgan fingerprint density at radius 1 is 1.35 bits per heavy atom. The van der Waals surface area contributed by atoms with Crippen molar-refractivity contribution in [1.29, 1.82) is 0 Å². The van der Waals surface area contributed by atoms with E-state index < -0.39 is 0 Å². The van der Waals surface area contributed by atoms with E-state index in [4.69, 9.17) is 11.6 Å². The van der Waals surface area contributed by atoms with Crippen molar-refractivity contribution >= 4 is 22.6 Å². The Hall–Kier alpha value is -1.09. The number of benzene rings is 1. The van der Waals surface area contributed by atoms with Crippen LogP contribution in [0.15, 0.2) is 18.2 Å². The van der Waals surface area contributed by atoms with Crippen molar-refractivity contribution in [3.63, 3.8) is 0 Å². The molecular formula is C13H16ClFN2. The molecule has 0 aliphatic rings. The van der Waals surface area contributed by atoms with E-state index in [0.29, 0.717) is 11.4 Å². The minimum absolute atomic E-state index is 0.242. The lowest BCUT2D eigenvalue weighted by atomic mass is 10.2. The molecule has 2 rings (SSSR count). The molecule has 0 unspecified atom stereocenters. The van der Waals surface area contributed by atoms with Crippen LogP contribution in [-0.2, 0) is 13.0 Å². The van der Waals surface area contributed by atoms with E-state index in [-0.39, 0.29) is 5.82 Å². The zero-order valence-electron chi connectivity index (χ0n) is 9.92. The highest BCUT2D eigenvalue weighted by Crippen LogP contribution is 2.20. The van der Waals surface area contributed by atoms with Crippen molar-refractivity contribution in [2.45, 2.75) is 32.7 Å². The predicted octanol–water partition coefficient (Wildman–Crippen LogP) is 3.76. The fourth-order valence-corrected chi connectivity index (χ4v) is 2.27. The molecule has 0 saturated carbocycles. The monoisotopic (exact) mass is 254 g/mol. The summed E-state index contributed by atoms with van der Waals surface area (Å²) in [6.45, 7) is 2.87. The molecule has 0 N–H and O–H groups in total. The van der Waals surface area contributed by atoms with Crippen molar-refractivity contribution in [1.82, 2.24) is 9.55 Å². The number of rotatable bonds is 5. The molecule has 1 aromatic heterocycles. The van der Waals surface area contributed by atoms with Crippen molar-refractivity contribution in [2.75, 3.05) is 5.88 Å². The molecule has 0 spiro atoms. The number of hydrogen-bond donors (Lipinski definition) is 0. The fourth-order valence-electron chi connectivity index (χ4n) is 2.08. The third-order valence-electron chi connectivity index (χ3n) is 2.91. The average molecular weight is 255 g/mol. The van der Waals surface area contributed by atoms with Gasteiger partial charge in [0.05, 0.1) is 5.52 Å². The summed E-state index contributed by atoms with van der Waals surface area (Å²) < 4.78 is 15.7. The number of fused-ring (bicyclic) bond motifs is 1. The van der Waals surface area contributed by atoms with Crippen LogP contribution in [0.4, 0.5) is 4.39 Å². The predicted molar refractivity (Wildman–Crippen MR) is 69.0 cm³/mol.